The second-order valence-corrected chi connectivity index (χ2v) is 2.92. The molecular formula is C9H11NO5. The Morgan fingerprint density at radius 1 is 1.20 bits per heavy atom. The summed E-state index contributed by atoms with van der Waals surface area (Å²) >= 11 is 0. The van der Waals surface area contributed by atoms with Crippen LogP contribution >= 0.6 is 0 Å². The van der Waals surface area contributed by atoms with E-state index in [0.717, 1.165) is 0 Å². The highest BCUT2D eigenvalue weighted by atomic mass is 16.6. The maximum Gasteiger partial charge on any atom is 0.300 e. The number of rotatable bonds is 3. The van der Waals surface area contributed by atoms with Gasteiger partial charge in [-0.25, -0.2) is 0 Å². The van der Waals surface area contributed by atoms with Crippen molar-refractivity contribution in [1.29, 1.82) is 0 Å². The van der Waals surface area contributed by atoms with Gasteiger partial charge in [0.2, 0.25) is 6.29 Å². The van der Waals surface area contributed by atoms with Gasteiger partial charge in [-0.1, -0.05) is 18.2 Å². The van der Waals surface area contributed by atoms with E-state index in [1.165, 1.54) is 12.1 Å². The molecule has 6 nitrogen and oxygen atoms in total. The minimum atomic E-state index is -3.06. The molecule has 1 rings (SSSR count). The lowest BCUT2D eigenvalue weighted by Gasteiger charge is -2.24. The summed E-state index contributed by atoms with van der Waals surface area (Å²) in [5, 5.41) is 36.6. The molecule has 0 atom stereocenters. The number of benzene rings is 1. The molecule has 1 aromatic rings. The third-order valence-electron chi connectivity index (χ3n) is 1.69. The summed E-state index contributed by atoms with van der Waals surface area (Å²) in [5.74, 6) is -3.89. The molecule has 0 aliphatic carbocycles. The van der Waals surface area contributed by atoms with Crippen molar-refractivity contribution >= 4 is 5.91 Å². The summed E-state index contributed by atoms with van der Waals surface area (Å²) in [4.78, 5) is 11.3. The molecule has 0 bridgehead atoms. The predicted octanol–water partition coefficient (Wildman–Crippen LogP) is -1.63. The third-order valence-corrected chi connectivity index (χ3v) is 1.69. The van der Waals surface area contributed by atoms with Crippen molar-refractivity contribution in [1.82, 2.24) is 5.32 Å². The maximum atomic E-state index is 11.3. The summed E-state index contributed by atoms with van der Waals surface area (Å²) in [6, 6.07) is 7.73. The Labute approximate surface area is 85.4 Å². The molecule has 0 radical (unpaired) electrons. The molecule has 15 heavy (non-hydrogen) atoms. The number of carbonyl (C=O) groups excluding carboxylic acids is 1. The summed E-state index contributed by atoms with van der Waals surface area (Å²) < 4.78 is 0. The van der Waals surface area contributed by atoms with E-state index in [1.54, 1.807) is 23.5 Å². The lowest BCUT2D eigenvalue weighted by molar-refractivity contribution is -0.298. The molecule has 0 spiro atoms. The molecule has 0 heterocycles. The zero-order chi connectivity index (χ0) is 11.5. The highest BCUT2D eigenvalue weighted by Crippen LogP contribution is 2.03. The Kier molecular flexibility index (Phi) is 3.38. The van der Waals surface area contributed by atoms with Crippen LogP contribution in [-0.4, -0.2) is 38.5 Å². The van der Waals surface area contributed by atoms with Crippen molar-refractivity contribution in [3.8, 4) is 0 Å². The molecule has 0 fully saturated rings. The number of hydrogen-bond donors (Lipinski definition) is 5. The minimum Gasteiger partial charge on any atom is -0.362 e. The lowest BCUT2D eigenvalue weighted by Crippen LogP contribution is -2.56. The van der Waals surface area contributed by atoms with E-state index in [4.69, 9.17) is 20.4 Å². The third kappa shape index (κ3) is 3.00. The fourth-order valence-electron chi connectivity index (χ4n) is 0.893. The SMILES string of the molecule is O=C(NC(O)(O)C(O)O)c1ccccc1. The van der Waals surface area contributed by atoms with Crippen molar-refractivity contribution in [2.24, 2.45) is 0 Å². The van der Waals surface area contributed by atoms with Gasteiger partial charge in [-0.2, -0.15) is 0 Å². The first-order valence-electron chi connectivity index (χ1n) is 4.12. The first-order chi connectivity index (χ1) is 6.93. The largest absolute Gasteiger partial charge is 0.362 e. The molecule has 5 N–H and O–H groups in total. The van der Waals surface area contributed by atoms with Crippen LogP contribution in [0.25, 0.3) is 0 Å². The molecule has 0 aliphatic heterocycles. The average Bonchev–Trinajstić information content (AvgIpc) is 2.18. The summed E-state index contributed by atoms with van der Waals surface area (Å²) in [7, 11) is 0. The van der Waals surface area contributed by atoms with E-state index in [0.29, 0.717) is 0 Å². The van der Waals surface area contributed by atoms with Gasteiger partial charge in [-0.3, -0.25) is 10.1 Å². The topological polar surface area (TPSA) is 110 Å². The van der Waals surface area contributed by atoms with Crippen LogP contribution < -0.4 is 5.32 Å². The van der Waals surface area contributed by atoms with Gasteiger partial charge in [0.15, 0.2) is 0 Å². The maximum absolute atomic E-state index is 11.3. The first kappa shape index (κ1) is 11.6. The quantitative estimate of drug-likeness (QED) is 0.387. The van der Waals surface area contributed by atoms with Gasteiger partial charge in [0.05, 0.1) is 0 Å². The van der Waals surface area contributed by atoms with Gasteiger partial charge in [-0.05, 0) is 12.1 Å². The van der Waals surface area contributed by atoms with Gasteiger partial charge >= 0.3 is 0 Å². The van der Waals surface area contributed by atoms with Crippen LogP contribution in [0.3, 0.4) is 0 Å². The average molecular weight is 213 g/mol. The van der Waals surface area contributed by atoms with Crippen molar-refractivity contribution in [2.75, 3.05) is 0 Å². The van der Waals surface area contributed by atoms with Crippen LogP contribution in [0, 0.1) is 0 Å². The number of aliphatic hydroxyl groups excluding tert-OH is 1. The van der Waals surface area contributed by atoms with Crippen molar-refractivity contribution in [3.63, 3.8) is 0 Å². The van der Waals surface area contributed by atoms with Gasteiger partial charge < -0.3 is 20.4 Å². The molecule has 0 unspecified atom stereocenters. The lowest BCUT2D eigenvalue weighted by atomic mass is 10.2. The van der Waals surface area contributed by atoms with E-state index in [-0.39, 0.29) is 5.56 Å². The molecule has 0 saturated carbocycles. The van der Waals surface area contributed by atoms with Crippen LogP contribution in [0.2, 0.25) is 0 Å². The number of hydrogen-bond acceptors (Lipinski definition) is 5. The Bertz CT molecular complexity index is 336. The summed E-state index contributed by atoms with van der Waals surface area (Å²) in [6.45, 7) is 0. The highest BCUT2D eigenvalue weighted by Gasteiger charge is 2.33. The molecule has 1 aromatic carbocycles. The Hall–Kier alpha value is -1.47. The first-order valence-corrected chi connectivity index (χ1v) is 4.12. The van der Waals surface area contributed by atoms with Crippen molar-refractivity contribution in [2.45, 2.75) is 12.2 Å². The van der Waals surface area contributed by atoms with E-state index < -0.39 is 18.1 Å². The monoisotopic (exact) mass is 213 g/mol. The van der Waals surface area contributed by atoms with E-state index in [1.807, 2.05) is 0 Å². The Balaban J connectivity index is 2.73. The van der Waals surface area contributed by atoms with E-state index in [2.05, 4.69) is 0 Å². The second-order valence-electron chi connectivity index (χ2n) is 2.92. The summed E-state index contributed by atoms with van der Waals surface area (Å²) in [6.07, 6.45) is -2.48. The molecule has 1 amide bonds. The second kappa shape index (κ2) is 4.37. The van der Waals surface area contributed by atoms with Crippen molar-refractivity contribution < 1.29 is 25.2 Å². The van der Waals surface area contributed by atoms with Crippen LogP contribution in [0.5, 0.6) is 0 Å². The van der Waals surface area contributed by atoms with Crippen LogP contribution in [-0.2, 0) is 0 Å². The number of nitrogens with one attached hydrogen (secondary N) is 1. The summed E-state index contributed by atoms with van der Waals surface area (Å²) in [5.41, 5.74) is 0.172. The zero-order valence-corrected chi connectivity index (χ0v) is 7.66. The fourth-order valence-corrected chi connectivity index (χ4v) is 0.893. The Morgan fingerprint density at radius 3 is 2.20 bits per heavy atom. The van der Waals surface area contributed by atoms with Gasteiger partial charge in [-0.15, -0.1) is 0 Å². The standard InChI is InChI=1S/C9H11NO5/c11-7(6-4-2-1-3-5-6)10-9(14,15)8(12)13/h1-5,8,12-15H,(H,10,11). The predicted molar refractivity (Wildman–Crippen MR) is 49.3 cm³/mol. The smallest absolute Gasteiger partial charge is 0.300 e. The molecule has 0 aliphatic rings. The number of amides is 1. The van der Waals surface area contributed by atoms with Gasteiger partial charge in [0.25, 0.3) is 11.8 Å². The highest BCUT2D eigenvalue weighted by molar-refractivity contribution is 5.94. The molecule has 0 aromatic heterocycles. The van der Waals surface area contributed by atoms with E-state index in [9.17, 15) is 4.79 Å². The Morgan fingerprint density at radius 2 is 1.73 bits per heavy atom. The van der Waals surface area contributed by atoms with Crippen LogP contribution in [0.1, 0.15) is 10.4 Å². The molecule has 6 heteroatoms. The number of aliphatic hydroxyl groups is 4. The van der Waals surface area contributed by atoms with Crippen molar-refractivity contribution in [3.05, 3.63) is 35.9 Å². The van der Waals surface area contributed by atoms with Crippen LogP contribution in [0.4, 0.5) is 0 Å². The molecule has 82 valence electrons. The minimum absolute atomic E-state index is 0.172. The number of carbonyl (C=O) groups is 1. The van der Waals surface area contributed by atoms with Gasteiger partial charge in [0.1, 0.15) is 0 Å². The zero-order valence-electron chi connectivity index (χ0n) is 7.66. The van der Waals surface area contributed by atoms with E-state index >= 15 is 0 Å². The molecular weight excluding hydrogens is 202 g/mol. The van der Waals surface area contributed by atoms with Crippen LogP contribution in [0.15, 0.2) is 30.3 Å². The fraction of sp³-hybridized carbons (Fsp3) is 0.222. The van der Waals surface area contributed by atoms with Gasteiger partial charge in [0, 0.05) is 5.56 Å². The molecule has 0 saturated heterocycles. The normalized spacial score (nSPS) is 11.5.